The molecule has 1 heterocycles. The molecule has 0 saturated carbocycles. The first-order valence-electron chi connectivity index (χ1n) is 8.51. The van der Waals surface area contributed by atoms with Crippen LogP contribution in [0.15, 0.2) is 60.7 Å². The molecule has 3 rings (SSSR count). The Morgan fingerprint density at radius 2 is 1.58 bits per heavy atom. The van der Waals surface area contributed by atoms with Crippen molar-refractivity contribution in [1.29, 1.82) is 0 Å². The molecule has 1 aliphatic rings. The molecule has 1 fully saturated rings. The second kappa shape index (κ2) is 9.62. The van der Waals surface area contributed by atoms with Crippen molar-refractivity contribution in [1.82, 2.24) is 4.90 Å². The van der Waals surface area contributed by atoms with Crippen molar-refractivity contribution < 1.29 is 0 Å². The van der Waals surface area contributed by atoms with Crippen LogP contribution in [-0.4, -0.2) is 37.3 Å². The van der Waals surface area contributed by atoms with Crippen molar-refractivity contribution in [2.45, 2.75) is 29.8 Å². The molecule has 2 aromatic carbocycles. The summed E-state index contributed by atoms with van der Waals surface area (Å²) in [6.07, 6.45) is 3.92. The summed E-state index contributed by atoms with van der Waals surface area (Å²) < 4.78 is 2.56. The van der Waals surface area contributed by atoms with Gasteiger partial charge < -0.3 is 0 Å². The predicted molar refractivity (Wildman–Crippen MR) is 111 cm³/mol. The number of rotatable bonds is 5. The van der Waals surface area contributed by atoms with E-state index in [-0.39, 0.29) is 0 Å². The maximum absolute atomic E-state index is 5.78. The fourth-order valence-electron chi connectivity index (χ4n) is 2.83. The Labute approximate surface area is 161 Å². The third kappa shape index (κ3) is 5.35. The summed E-state index contributed by atoms with van der Waals surface area (Å²) in [5.74, 6) is 0. The molecule has 126 valence electrons. The number of piperidine rings is 1. The molecular weight excluding hydrogens is 397 g/mol. The van der Waals surface area contributed by atoms with E-state index in [4.69, 9.17) is 12.2 Å². The third-order valence-electron chi connectivity index (χ3n) is 4.17. The van der Waals surface area contributed by atoms with Gasteiger partial charge in [0, 0.05) is 0 Å². The monoisotopic (exact) mass is 421 g/mol. The van der Waals surface area contributed by atoms with Crippen LogP contribution in [0, 0.1) is 0 Å². The van der Waals surface area contributed by atoms with Gasteiger partial charge in [0.25, 0.3) is 0 Å². The zero-order valence-electron chi connectivity index (χ0n) is 13.8. The van der Waals surface area contributed by atoms with Gasteiger partial charge in [0.15, 0.2) is 0 Å². The summed E-state index contributed by atoms with van der Waals surface area (Å²) in [7, 11) is 0. The summed E-state index contributed by atoms with van der Waals surface area (Å²) in [6, 6.07) is 21.7. The van der Waals surface area contributed by atoms with E-state index in [9.17, 15) is 0 Å². The van der Waals surface area contributed by atoms with E-state index in [0.717, 1.165) is 17.4 Å². The van der Waals surface area contributed by atoms with E-state index < -0.39 is 0 Å². The van der Waals surface area contributed by atoms with Crippen molar-refractivity contribution >= 4 is 47.7 Å². The van der Waals surface area contributed by atoms with Crippen LogP contribution < -0.4 is 4.46 Å². The molecule has 4 heteroatoms. The van der Waals surface area contributed by atoms with Crippen molar-refractivity contribution in [3.05, 3.63) is 66.2 Å². The van der Waals surface area contributed by atoms with E-state index in [1.165, 1.54) is 34.6 Å². The number of likely N-dealkylation sites (tertiary alicyclic amines) is 1. The van der Waals surface area contributed by atoms with Gasteiger partial charge >= 0.3 is 162 Å². The minimum absolute atomic E-state index is 0.459. The molecule has 1 unspecified atom stereocenters. The van der Waals surface area contributed by atoms with Crippen molar-refractivity contribution in [2.24, 2.45) is 0 Å². The summed E-state index contributed by atoms with van der Waals surface area (Å²) in [6.45, 7) is 2.27. The molecule has 2 aromatic rings. The fourth-order valence-corrected chi connectivity index (χ4v) is 6.94. The van der Waals surface area contributed by atoms with E-state index >= 15 is 0 Å². The summed E-state index contributed by atoms with van der Waals surface area (Å²) >= 11 is 8.15. The van der Waals surface area contributed by atoms with Crippen LogP contribution >= 0.6 is 24.0 Å². The second-order valence-corrected chi connectivity index (χ2v) is 10.1. The number of thioether (sulfide) groups is 1. The van der Waals surface area contributed by atoms with E-state index in [2.05, 4.69) is 65.6 Å². The van der Waals surface area contributed by atoms with Crippen LogP contribution in [0.25, 0.3) is 0 Å². The number of benzene rings is 2. The Morgan fingerprint density at radius 3 is 2.25 bits per heavy atom. The zero-order chi connectivity index (χ0) is 16.6. The molecule has 1 nitrogen and oxygen atoms in total. The number of hydrogen-bond acceptors (Lipinski definition) is 2. The number of thiocarbonyl (C=S) groups is 1. The molecule has 0 radical (unpaired) electrons. The van der Waals surface area contributed by atoms with Gasteiger partial charge in [0.2, 0.25) is 0 Å². The Bertz CT molecular complexity index is 627. The van der Waals surface area contributed by atoms with Crippen LogP contribution in [0.5, 0.6) is 0 Å². The number of hydrogen-bond donors (Lipinski definition) is 0. The Morgan fingerprint density at radius 1 is 0.958 bits per heavy atom. The van der Waals surface area contributed by atoms with E-state index in [1.807, 2.05) is 11.8 Å². The van der Waals surface area contributed by atoms with Gasteiger partial charge in [-0.1, -0.05) is 0 Å². The van der Waals surface area contributed by atoms with Gasteiger partial charge in [-0.05, 0) is 0 Å². The SMILES string of the molecule is S=C(SC(C[Se]c1ccccc1)c1ccccc1)N1CCCCC1. The predicted octanol–water partition coefficient (Wildman–Crippen LogP) is 4.68. The van der Waals surface area contributed by atoms with Crippen LogP contribution in [-0.2, 0) is 0 Å². The average Bonchev–Trinajstić information content (AvgIpc) is 2.67. The van der Waals surface area contributed by atoms with Gasteiger partial charge in [0.05, 0.1) is 0 Å². The molecule has 1 atom stereocenters. The second-order valence-electron chi connectivity index (χ2n) is 5.95. The summed E-state index contributed by atoms with van der Waals surface area (Å²) in [5.41, 5.74) is 1.40. The number of nitrogens with zero attached hydrogens (tertiary/aromatic N) is 1. The van der Waals surface area contributed by atoms with Crippen LogP contribution in [0.1, 0.15) is 30.1 Å². The molecule has 0 amide bonds. The average molecular weight is 421 g/mol. The molecule has 24 heavy (non-hydrogen) atoms. The van der Waals surface area contributed by atoms with E-state index in [0.29, 0.717) is 20.2 Å². The Balaban J connectivity index is 1.66. The Kier molecular flexibility index (Phi) is 7.22. The normalized spacial score (nSPS) is 15.9. The van der Waals surface area contributed by atoms with Gasteiger partial charge in [-0.3, -0.25) is 0 Å². The summed E-state index contributed by atoms with van der Waals surface area (Å²) in [4.78, 5) is 2.41. The maximum atomic E-state index is 5.78. The molecule has 1 saturated heterocycles. The first kappa shape index (κ1) is 18.0. The van der Waals surface area contributed by atoms with Gasteiger partial charge in [0.1, 0.15) is 0 Å². The standard InChI is InChI=1S/C20H23NS2Se/c22-20(21-14-8-3-9-15-21)23-19(17-10-4-1-5-11-17)16-24-18-12-6-2-7-13-18/h1-2,4-7,10-13,19H,3,8-9,14-16H2. The van der Waals surface area contributed by atoms with Crippen LogP contribution in [0.3, 0.4) is 0 Å². The molecule has 0 N–H and O–H groups in total. The van der Waals surface area contributed by atoms with E-state index in [1.54, 1.807) is 0 Å². The van der Waals surface area contributed by atoms with Crippen molar-refractivity contribution in [3.8, 4) is 0 Å². The fraction of sp³-hybridized carbons (Fsp3) is 0.350. The zero-order valence-corrected chi connectivity index (χ0v) is 17.1. The van der Waals surface area contributed by atoms with Gasteiger partial charge in [-0.25, -0.2) is 0 Å². The van der Waals surface area contributed by atoms with Gasteiger partial charge in [-0.15, -0.1) is 0 Å². The molecule has 1 aliphatic heterocycles. The molecule has 0 spiro atoms. The van der Waals surface area contributed by atoms with Crippen molar-refractivity contribution in [3.63, 3.8) is 0 Å². The third-order valence-corrected chi connectivity index (χ3v) is 8.70. The minimum atomic E-state index is 0.459. The molecule has 0 bridgehead atoms. The first-order chi connectivity index (χ1) is 11.8. The van der Waals surface area contributed by atoms with Gasteiger partial charge in [-0.2, -0.15) is 0 Å². The topological polar surface area (TPSA) is 3.24 Å². The molecular formula is C20H23NS2Se. The Hall–Kier alpha value is -0.801. The quantitative estimate of drug-likeness (QED) is 0.511. The van der Waals surface area contributed by atoms with Crippen LogP contribution in [0.4, 0.5) is 0 Å². The first-order valence-corrected chi connectivity index (χ1v) is 11.9. The molecule has 0 aliphatic carbocycles. The summed E-state index contributed by atoms with van der Waals surface area (Å²) in [5, 5.41) is 1.64. The van der Waals surface area contributed by atoms with Crippen LogP contribution in [0.2, 0.25) is 5.32 Å². The van der Waals surface area contributed by atoms with Crippen molar-refractivity contribution in [2.75, 3.05) is 13.1 Å². The molecule has 0 aromatic heterocycles.